The zero-order chi connectivity index (χ0) is 19.3. The van der Waals surface area contributed by atoms with Crippen LogP contribution in [-0.4, -0.2) is 35.2 Å². The first-order chi connectivity index (χ1) is 12.4. The first-order valence-electron chi connectivity index (χ1n) is 9.33. The van der Waals surface area contributed by atoms with Crippen LogP contribution >= 0.6 is 0 Å². The Morgan fingerprint density at radius 2 is 1.73 bits per heavy atom. The Kier molecular flexibility index (Phi) is 6.77. The maximum atomic E-state index is 5.51. The van der Waals surface area contributed by atoms with E-state index in [0.717, 1.165) is 41.3 Å². The van der Waals surface area contributed by atoms with Gasteiger partial charge in [0.2, 0.25) is 0 Å². The van der Waals surface area contributed by atoms with Crippen LogP contribution in [0.2, 0.25) is 0 Å². The van der Waals surface area contributed by atoms with Crippen LogP contribution in [0.15, 0.2) is 12.1 Å². The summed E-state index contributed by atoms with van der Waals surface area (Å²) in [6, 6.07) is 4.45. The normalized spacial score (nSPS) is 11.1. The number of pyridine rings is 1. The van der Waals surface area contributed by atoms with E-state index in [1.165, 1.54) is 0 Å². The van der Waals surface area contributed by atoms with Crippen molar-refractivity contribution in [3.63, 3.8) is 0 Å². The molecule has 0 aliphatic rings. The molecule has 0 aliphatic carbocycles. The van der Waals surface area contributed by atoms with Crippen molar-refractivity contribution in [3.8, 4) is 17.1 Å². The van der Waals surface area contributed by atoms with E-state index in [1.54, 1.807) is 7.11 Å². The lowest BCUT2D eigenvalue weighted by Gasteiger charge is -2.19. The molecule has 6 heteroatoms. The molecule has 26 heavy (non-hydrogen) atoms. The van der Waals surface area contributed by atoms with Gasteiger partial charge in [-0.05, 0) is 37.8 Å². The number of ether oxygens (including phenoxy) is 1. The highest BCUT2D eigenvalue weighted by molar-refractivity contribution is 5.75. The molecule has 0 radical (unpaired) electrons. The van der Waals surface area contributed by atoms with Gasteiger partial charge in [0.05, 0.1) is 18.5 Å². The largest absolute Gasteiger partial charge is 0.478 e. The predicted octanol–water partition coefficient (Wildman–Crippen LogP) is 4.62. The Labute approximate surface area is 156 Å². The van der Waals surface area contributed by atoms with E-state index in [2.05, 4.69) is 44.4 Å². The molecule has 0 bridgehead atoms. The third-order valence-electron chi connectivity index (χ3n) is 4.56. The number of aromatic nitrogens is 3. The molecule has 2 heterocycles. The highest BCUT2D eigenvalue weighted by atomic mass is 16.5. The summed E-state index contributed by atoms with van der Waals surface area (Å²) in [5, 5.41) is 6.62. The zero-order valence-electron chi connectivity index (χ0n) is 17.0. The molecule has 0 unspecified atom stereocenters. The molecule has 2 N–H and O–H groups in total. The number of nitrogens with one attached hydrogen (secondary N) is 2. The average Bonchev–Trinajstić information content (AvgIpc) is 2.65. The lowest BCUT2D eigenvalue weighted by atomic mass is 10.1. The first-order valence-corrected chi connectivity index (χ1v) is 9.33. The number of anilines is 2. The standard InChI is InChI=1S/C20H31N5O/c1-8-14(9-2)23-19-20(26-7)25-17(13(5)22-19)15-10-11-16(12(3)4)24-18(15)21-6/h10-12,14H,8-9H2,1-7H3,(H,21,24)(H,22,23). The van der Waals surface area contributed by atoms with Crippen molar-refractivity contribution in [3.05, 3.63) is 23.5 Å². The second-order valence-corrected chi connectivity index (χ2v) is 6.71. The van der Waals surface area contributed by atoms with Gasteiger partial charge < -0.3 is 15.4 Å². The van der Waals surface area contributed by atoms with Crippen LogP contribution in [0.5, 0.6) is 5.88 Å². The number of hydrogen-bond donors (Lipinski definition) is 2. The fourth-order valence-electron chi connectivity index (χ4n) is 2.86. The fourth-order valence-corrected chi connectivity index (χ4v) is 2.86. The van der Waals surface area contributed by atoms with E-state index < -0.39 is 0 Å². The number of methoxy groups -OCH3 is 1. The number of aryl methyl sites for hydroxylation is 1. The Morgan fingerprint density at radius 1 is 1.04 bits per heavy atom. The van der Waals surface area contributed by atoms with Crippen LogP contribution in [0.3, 0.4) is 0 Å². The highest BCUT2D eigenvalue weighted by Gasteiger charge is 2.18. The summed E-state index contributed by atoms with van der Waals surface area (Å²) < 4.78 is 5.51. The quantitative estimate of drug-likeness (QED) is 0.718. The average molecular weight is 358 g/mol. The Balaban J connectivity index is 2.51. The monoisotopic (exact) mass is 357 g/mol. The summed E-state index contributed by atoms with van der Waals surface area (Å²) in [5.41, 5.74) is 3.59. The van der Waals surface area contributed by atoms with E-state index in [4.69, 9.17) is 19.7 Å². The minimum Gasteiger partial charge on any atom is -0.478 e. The maximum Gasteiger partial charge on any atom is 0.257 e. The smallest absolute Gasteiger partial charge is 0.257 e. The van der Waals surface area contributed by atoms with E-state index in [0.29, 0.717) is 23.7 Å². The highest BCUT2D eigenvalue weighted by Crippen LogP contribution is 2.32. The second-order valence-electron chi connectivity index (χ2n) is 6.71. The lowest BCUT2D eigenvalue weighted by Crippen LogP contribution is -2.19. The van der Waals surface area contributed by atoms with Crippen LogP contribution in [0.1, 0.15) is 57.8 Å². The number of hydrogen-bond acceptors (Lipinski definition) is 6. The van der Waals surface area contributed by atoms with Crippen LogP contribution < -0.4 is 15.4 Å². The van der Waals surface area contributed by atoms with Gasteiger partial charge >= 0.3 is 0 Å². The second kappa shape index (κ2) is 8.83. The Hall–Kier alpha value is -2.37. The van der Waals surface area contributed by atoms with Gasteiger partial charge in [0.25, 0.3) is 5.88 Å². The summed E-state index contributed by atoms with van der Waals surface area (Å²) in [6.07, 6.45) is 2.04. The van der Waals surface area contributed by atoms with Crippen molar-refractivity contribution in [1.82, 2.24) is 15.0 Å². The molecule has 0 fully saturated rings. The van der Waals surface area contributed by atoms with Crippen molar-refractivity contribution in [2.45, 2.75) is 59.4 Å². The van der Waals surface area contributed by atoms with Crippen molar-refractivity contribution in [2.75, 3.05) is 24.8 Å². The molecular weight excluding hydrogens is 326 g/mol. The number of nitrogens with zero attached hydrogens (tertiary/aromatic N) is 3. The van der Waals surface area contributed by atoms with Crippen LogP contribution in [0.4, 0.5) is 11.6 Å². The molecular formula is C20H31N5O. The van der Waals surface area contributed by atoms with Crippen molar-refractivity contribution < 1.29 is 4.74 Å². The molecule has 0 amide bonds. The molecule has 0 saturated carbocycles. The van der Waals surface area contributed by atoms with Gasteiger partial charge in [0.1, 0.15) is 5.82 Å². The molecule has 0 spiro atoms. The van der Waals surface area contributed by atoms with Gasteiger partial charge in [-0.2, -0.15) is 0 Å². The van der Waals surface area contributed by atoms with Crippen LogP contribution in [0.25, 0.3) is 11.3 Å². The molecule has 2 rings (SSSR count). The van der Waals surface area contributed by atoms with Gasteiger partial charge in [-0.15, -0.1) is 0 Å². The van der Waals surface area contributed by atoms with Gasteiger partial charge in [0.15, 0.2) is 5.82 Å². The summed E-state index contributed by atoms with van der Waals surface area (Å²) in [5.74, 6) is 2.37. The van der Waals surface area contributed by atoms with Gasteiger partial charge in [-0.3, -0.25) is 0 Å². The number of rotatable bonds is 8. The van der Waals surface area contributed by atoms with Gasteiger partial charge in [-0.1, -0.05) is 27.7 Å². The van der Waals surface area contributed by atoms with E-state index >= 15 is 0 Å². The molecule has 0 atom stereocenters. The lowest BCUT2D eigenvalue weighted by molar-refractivity contribution is 0.397. The fraction of sp³-hybridized carbons (Fsp3) is 0.550. The molecule has 2 aromatic heterocycles. The SMILES string of the molecule is CCC(CC)Nc1nc(C)c(-c2ccc(C(C)C)nc2NC)nc1OC. The topological polar surface area (TPSA) is 72.0 Å². The summed E-state index contributed by atoms with van der Waals surface area (Å²) >= 11 is 0. The third-order valence-corrected chi connectivity index (χ3v) is 4.56. The maximum absolute atomic E-state index is 5.51. The predicted molar refractivity (Wildman–Crippen MR) is 108 cm³/mol. The van der Waals surface area contributed by atoms with Gasteiger partial charge in [-0.25, -0.2) is 15.0 Å². The summed E-state index contributed by atoms with van der Waals surface area (Å²) in [7, 11) is 3.50. The minimum atomic E-state index is 0.350. The van der Waals surface area contributed by atoms with Crippen LogP contribution in [0, 0.1) is 6.92 Å². The molecule has 0 aromatic carbocycles. The summed E-state index contributed by atoms with van der Waals surface area (Å²) in [4.78, 5) is 14.2. The molecule has 6 nitrogen and oxygen atoms in total. The van der Waals surface area contributed by atoms with E-state index in [9.17, 15) is 0 Å². The summed E-state index contributed by atoms with van der Waals surface area (Å²) in [6.45, 7) is 10.5. The van der Waals surface area contributed by atoms with Crippen molar-refractivity contribution in [2.24, 2.45) is 0 Å². The first kappa shape index (κ1) is 19.9. The molecule has 0 aliphatic heterocycles. The Bertz CT molecular complexity index is 741. The van der Waals surface area contributed by atoms with E-state index in [-0.39, 0.29) is 0 Å². The van der Waals surface area contributed by atoms with Crippen molar-refractivity contribution >= 4 is 11.6 Å². The Morgan fingerprint density at radius 3 is 2.27 bits per heavy atom. The molecule has 2 aromatic rings. The van der Waals surface area contributed by atoms with Gasteiger partial charge in [0, 0.05) is 24.3 Å². The van der Waals surface area contributed by atoms with Crippen LogP contribution in [-0.2, 0) is 0 Å². The third kappa shape index (κ3) is 4.23. The van der Waals surface area contributed by atoms with E-state index in [1.807, 2.05) is 20.0 Å². The zero-order valence-corrected chi connectivity index (χ0v) is 17.0. The van der Waals surface area contributed by atoms with Crippen molar-refractivity contribution in [1.29, 1.82) is 0 Å². The minimum absolute atomic E-state index is 0.350. The molecule has 142 valence electrons. The molecule has 0 saturated heterocycles.